The van der Waals surface area contributed by atoms with Crippen molar-refractivity contribution in [3.8, 4) is 11.5 Å². The second kappa shape index (κ2) is 48.7. The van der Waals surface area contributed by atoms with Gasteiger partial charge in [0.25, 0.3) is 0 Å². The summed E-state index contributed by atoms with van der Waals surface area (Å²) in [5.41, 5.74) is 3.22. The van der Waals surface area contributed by atoms with Crippen LogP contribution in [0.15, 0.2) is 164 Å². The quantitative estimate of drug-likeness (QED) is 0.0283. The Bertz CT molecular complexity index is 5230. The van der Waals surface area contributed by atoms with Crippen LogP contribution in [0.5, 0.6) is 11.5 Å². The number of carbonyl (C=O) groups is 14. The molecule has 0 aliphatic carbocycles. The van der Waals surface area contributed by atoms with Crippen molar-refractivity contribution in [2.24, 2.45) is 17.3 Å². The minimum absolute atomic E-state index is 0.0791. The van der Waals surface area contributed by atoms with Gasteiger partial charge in [-0.2, -0.15) is 23.5 Å². The van der Waals surface area contributed by atoms with Crippen LogP contribution in [0.2, 0.25) is 0 Å². The van der Waals surface area contributed by atoms with E-state index in [1.807, 2.05) is 32.0 Å². The molecule has 0 fully saturated rings. The molecule has 9 rings (SSSR count). The van der Waals surface area contributed by atoms with Crippen molar-refractivity contribution < 1.29 is 86.8 Å². The van der Waals surface area contributed by atoms with Crippen LogP contribution in [0, 0.1) is 23.1 Å². The van der Waals surface area contributed by atoms with Gasteiger partial charge in [0.05, 0.1) is 36.6 Å². The highest BCUT2D eigenvalue weighted by Gasteiger charge is 2.42. The summed E-state index contributed by atoms with van der Waals surface area (Å²) >= 11 is 2.43. The number of hydrogen-bond acceptors (Lipinski definition) is 20. The van der Waals surface area contributed by atoms with Crippen molar-refractivity contribution in [3.05, 3.63) is 215 Å². The Morgan fingerprint density at radius 2 is 1.18 bits per heavy atom. The summed E-state index contributed by atoms with van der Waals surface area (Å²) in [7, 11) is 3.93. The number of nitrogens with zero attached hydrogens (tertiary/aromatic N) is 5. The van der Waals surface area contributed by atoms with Crippen molar-refractivity contribution in [2.75, 3.05) is 39.2 Å². The van der Waals surface area contributed by atoms with Crippen LogP contribution >= 0.6 is 23.5 Å². The molecule has 2 bridgehead atoms. The highest BCUT2D eigenvalue weighted by Crippen LogP contribution is 2.30. The number of likely N-dealkylation sites (N-methyl/N-ethyl adjacent to an activating group) is 3. The molecule has 0 unspecified atom stereocenters. The number of aromatic hydroxyl groups is 2. The number of nitrogens with one attached hydrogen (secondary N) is 9. The van der Waals surface area contributed by atoms with E-state index in [0.29, 0.717) is 76.6 Å². The number of unbranched alkanes of at least 4 members (excludes halogenated alkanes) is 2. The highest BCUT2D eigenvalue weighted by atomic mass is 32.2. The number of ketones is 3. The number of fused-ring (bicyclic) bond motifs is 3. The molecule has 0 saturated heterocycles. The van der Waals surface area contributed by atoms with E-state index in [1.165, 1.54) is 120 Å². The maximum absolute atomic E-state index is 15.7. The zero-order valence-corrected chi connectivity index (χ0v) is 76.6. The van der Waals surface area contributed by atoms with E-state index in [4.69, 9.17) is 0 Å². The van der Waals surface area contributed by atoms with Gasteiger partial charge >= 0.3 is 5.97 Å². The number of carboxylic acid groups (broad SMARTS) is 1. The number of carbonyl (C=O) groups excluding carboxylic acids is 13. The van der Waals surface area contributed by atoms with Gasteiger partial charge in [0.2, 0.25) is 59.1 Å². The first-order chi connectivity index (χ1) is 62.0. The lowest BCUT2D eigenvalue weighted by Crippen LogP contribution is -2.59. The summed E-state index contributed by atoms with van der Waals surface area (Å²) in [6.45, 7) is 11.0. The molecule has 34 heteroatoms. The third-order valence-corrected chi connectivity index (χ3v) is 25.3. The molecule has 5 aromatic carbocycles. The van der Waals surface area contributed by atoms with Gasteiger partial charge in [-0.15, -0.1) is 0 Å². The summed E-state index contributed by atoms with van der Waals surface area (Å²) in [6.07, 6.45) is 6.42. The molecule has 0 saturated carbocycles. The SMILES string of the molecule is CCCCC[C@@H]1CC(=O)[C@H](C(C)(C)C)NC(=O)[C@H](Cc2ccc(O)cc2)NC(=O)[C@@H](NC(=O)[C@H](CCC)CC(C)=O)CSCc2cccc(c2)CSC[C@@H](C(=O)O)NC(=O)CN(C)C(=O)[C@H](Cc2ccc(F)cc2)N(C)C(=O)[C@H](Cc2ccc(O)cc2)NC(=O)[C@H](Cc2c[nH]c3ncccc23)NC(=O)[C@H](c2ccccc2)CC(=O)[C@H](C)N(C)C(=O)[C@H](Cc2c[nH]cn2)NC1=O. The van der Waals surface area contributed by atoms with Crippen LogP contribution in [0.1, 0.15) is 157 Å². The zero-order valence-electron chi connectivity index (χ0n) is 74.9. The average Bonchev–Trinajstić information content (AvgIpc) is 1.61. The monoisotopic (exact) mass is 1820 g/mol. The Hall–Kier alpha value is -12.6. The Kier molecular flexibility index (Phi) is 37.9. The number of carboxylic acids is 1. The zero-order chi connectivity index (χ0) is 94.5. The van der Waals surface area contributed by atoms with Gasteiger partial charge < -0.3 is 82.0 Å². The van der Waals surface area contributed by atoms with Crippen molar-refractivity contribution in [1.29, 1.82) is 0 Å². The number of amides is 10. The number of halogens is 1. The maximum atomic E-state index is 15.7. The second-order valence-electron chi connectivity index (χ2n) is 34.3. The molecule has 130 heavy (non-hydrogen) atoms. The van der Waals surface area contributed by atoms with Crippen LogP contribution < -0.4 is 37.2 Å². The van der Waals surface area contributed by atoms with Gasteiger partial charge in [-0.05, 0) is 120 Å². The Balaban J connectivity index is 1.10. The van der Waals surface area contributed by atoms with Crippen LogP contribution in [0.4, 0.5) is 4.39 Å². The summed E-state index contributed by atoms with van der Waals surface area (Å²) < 4.78 is 14.6. The van der Waals surface area contributed by atoms with Gasteiger partial charge in [-0.1, -0.05) is 151 Å². The Morgan fingerprint density at radius 3 is 1.79 bits per heavy atom. The van der Waals surface area contributed by atoms with E-state index in [9.17, 15) is 38.9 Å². The van der Waals surface area contributed by atoms with Crippen LogP contribution in [0.25, 0.3) is 11.0 Å². The van der Waals surface area contributed by atoms with E-state index in [2.05, 4.69) is 57.2 Å². The Morgan fingerprint density at radius 1 is 0.592 bits per heavy atom. The number of pyridine rings is 1. The summed E-state index contributed by atoms with van der Waals surface area (Å²) in [6, 6.07) is 22.5. The van der Waals surface area contributed by atoms with Crippen LogP contribution in [0.3, 0.4) is 0 Å². The first kappa shape index (κ1) is 101. The Labute approximate surface area is 764 Å². The summed E-state index contributed by atoms with van der Waals surface area (Å²) in [5, 5.41) is 51.8. The third kappa shape index (κ3) is 30.0. The van der Waals surface area contributed by atoms with Gasteiger partial charge in [0.15, 0.2) is 11.6 Å². The fourth-order valence-corrected chi connectivity index (χ4v) is 17.6. The molecule has 1 aliphatic heterocycles. The molecular formula is C96H119FN14O17S2. The standard InChI is InChI=1S/C96H119FN14O17S2/c1-11-13-15-25-66-46-82(116)84(96(5,6)7)108-90(122)74(42-59-29-35-70(113)36-30-59)104-91(123)78(107-86(118)65(20-12-2)40-57(3)112)54-129-52-62-21-18-22-63(41-62)53-130-55-79(95(127)128)102-83(117)51-109(8)94(126)80(44-61-27-33-68(97)34-28-61)111(10)93(125)76(43-60-31-37-71(114)38-32-60)106-89(121)75(45-67-49-100-85-72(67)26-19-39-99-85)103-88(120)73(64-23-16-14-17-24-64)48-81(115)58(4)110(9)92(124)77(105-87(66)119)47-69-50-98-56-101-69/h14,16-19,21-24,26-39,41,49-50,56,58,65-66,73-80,84,113-114H,11-13,15,20,25,40,42-48,51-55H2,1-10H3,(H,98,101)(H,99,100)(H,102,117)(H,103,120)(H,104,123)(H,105,119)(H,106,121)(H,107,118)(H,108,122)(H,127,128)/t58-,65+,66+,73-,74-,75-,76-,77-,78-,79-,80-,84+/m0/s1. The number of H-pyrrole nitrogens is 2. The number of aromatic amines is 2. The number of thioether (sulfide) groups is 2. The molecule has 4 heterocycles. The molecule has 12 N–H and O–H groups in total. The largest absolute Gasteiger partial charge is 0.508 e. The number of phenols is 2. The number of aromatic nitrogens is 4. The van der Waals surface area contributed by atoms with Gasteiger partial charge in [-0.25, -0.2) is 19.2 Å². The minimum Gasteiger partial charge on any atom is -0.508 e. The lowest BCUT2D eigenvalue weighted by Gasteiger charge is -2.34. The van der Waals surface area contributed by atoms with Crippen LogP contribution in [-0.2, 0) is 111 Å². The molecular weight excluding hydrogens is 1700 g/mol. The lowest BCUT2D eigenvalue weighted by atomic mass is 9.80. The van der Waals surface area contributed by atoms with Crippen LogP contribution in [-0.4, -0.2) is 226 Å². The van der Waals surface area contributed by atoms with Crippen molar-refractivity contribution in [3.63, 3.8) is 0 Å². The van der Waals surface area contributed by atoms with Crippen molar-refractivity contribution in [2.45, 2.75) is 210 Å². The van der Waals surface area contributed by atoms with Gasteiger partial charge in [0, 0.05) is 131 Å². The highest BCUT2D eigenvalue weighted by molar-refractivity contribution is 7.98. The molecule has 3 aromatic heterocycles. The molecule has 0 radical (unpaired) electrons. The number of hydrogen-bond donors (Lipinski definition) is 12. The van der Waals surface area contributed by atoms with E-state index in [1.54, 1.807) is 93.8 Å². The normalized spacial score (nSPS) is 22.0. The topological polar surface area (TPSA) is 451 Å². The number of benzene rings is 5. The van der Waals surface area contributed by atoms with E-state index in [0.717, 1.165) is 38.0 Å². The third-order valence-electron chi connectivity index (χ3n) is 23.0. The van der Waals surface area contributed by atoms with Crippen molar-refractivity contribution >= 4 is 117 Å². The first-order valence-corrected chi connectivity index (χ1v) is 45.9. The maximum Gasteiger partial charge on any atom is 0.327 e. The fraction of sp³-hybridized carbons (Fsp3) is 0.438. The van der Waals surface area contributed by atoms with E-state index >= 15 is 47.9 Å². The van der Waals surface area contributed by atoms with E-state index < -0.39 is 179 Å². The number of Topliss-reactive ketones (excluding diaryl/α,β-unsaturated/α-hetero) is 3. The minimum atomic E-state index is -1.60. The number of rotatable bonds is 22. The van der Waals surface area contributed by atoms with Crippen molar-refractivity contribution in [1.82, 2.24) is 71.9 Å². The molecule has 10 amide bonds. The molecule has 12 atom stereocenters. The van der Waals surface area contributed by atoms with Gasteiger partial charge in [-0.3, -0.25) is 57.5 Å². The number of aliphatic carboxylic acids is 1. The predicted molar refractivity (Wildman–Crippen MR) is 491 cm³/mol. The molecule has 8 aromatic rings. The first-order valence-electron chi connectivity index (χ1n) is 43.6. The molecule has 694 valence electrons. The van der Waals surface area contributed by atoms with Gasteiger partial charge in [0.1, 0.15) is 71.0 Å². The van der Waals surface area contributed by atoms with E-state index in [-0.39, 0.29) is 85.2 Å². The molecule has 31 nitrogen and oxygen atoms in total. The smallest absolute Gasteiger partial charge is 0.327 e. The second-order valence-corrected chi connectivity index (χ2v) is 36.4. The average molecular weight is 1820 g/mol. The lowest BCUT2D eigenvalue weighted by molar-refractivity contribution is -0.147. The predicted octanol–water partition coefficient (Wildman–Crippen LogP) is 8.48. The summed E-state index contributed by atoms with van der Waals surface area (Å²) in [5.74, 6) is -14.9. The molecule has 0 spiro atoms. The summed E-state index contributed by atoms with van der Waals surface area (Å²) in [4.78, 5) is 226. The number of imidazole rings is 1. The fourth-order valence-electron chi connectivity index (χ4n) is 15.6. The molecule has 1 aliphatic rings. The number of phenolic OH excluding ortho intramolecular Hbond substituents is 2.